The van der Waals surface area contributed by atoms with Gasteiger partial charge in [0.25, 0.3) is 0 Å². The van der Waals surface area contributed by atoms with E-state index in [9.17, 15) is 0 Å². The molecule has 0 spiro atoms. The fourth-order valence-corrected chi connectivity index (χ4v) is 2.98. The zero-order valence-corrected chi connectivity index (χ0v) is 11.2. The molecule has 0 bridgehead atoms. The summed E-state index contributed by atoms with van der Waals surface area (Å²) >= 11 is 5.34. The summed E-state index contributed by atoms with van der Waals surface area (Å²) in [5.74, 6) is 0. The number of nitrogens with one attached hydrogen (secondary N) is 1. The summed E-state index contributed by atoms with van der Waals surface area (Å²) in [4.78, 5) is 1.47. The van der Waals surface area contributed by atoms with Gasteiger partial charge in [-0.05, 0) is 53.9 Å². The smallest absolute Gasteiger partial charge is 0.0701 e. The molecule has 1 rings (SSSR count). The second-order valence-corrected chi connectivity index (χ2v) is 6.02. The number of hydrogen-bond donors (Lipinski definition) is 1. The van der Waals surface area contributed by atoms with Gasteiger partial charge in [-0.25, -0.2) is 0 Å². The van der Waals surface area contributed by atoms with Gasteiger partial charge in [0.1, 0.15) is 0 Å². The van der Waals surface area contributed by atoms with Crippen LogP contribution in [0.3, 0.4) is 0 Å². The summed E-state index contributed by atoms with van der Waals surface area (Å²) in [5, 5.41) is 3.57. The first-order valence-corrected chi connectivity index (χ1v) is 6.84. The predicted octanol–water partition coefficient (Wildman–Crippen LogP) is 3.83. The van der Waals surface area contributed by atoms with Crippen molar-refractivity contribution in [1.82, 2.24) is 5.32 Å². The van der Waals surface area contributed by atoms with Gasteiger partial charge in [0, 0.05) is 10.9 Å². The molecule has 1 heterocycles. The van der Waals surface area contributed by atoms with E-state index in [1.54, 1.807) is 0 Å². The van der Waals surface area contributed by atoms with Crippen LogP contribution in [0.1, 0.15) is 31.6 Å². The minimum absolute atomic E-state index is 0.639. The van der Waals surface area contributed by atoms with Gasteiger partial charge in [-0.15, -0.1) is 11.3 Å². The lowest BCUT2D eigenvalue weighted by atomic mass is 10.1. The summed E-state index contributed by atoms with van der Waals surface area (Å²) in [6, 6.07) is 4.98. The van der Waals surface area contributed by atoms with E-state index in [1.807, 2.05) is 11.3 Å². The van der Waals surface area contributed by atoms with E-state index in [2.05, 4.69) is 47.2 Å². The van der Waals surface area contributed by atoms with Crippen molar-refractivity contribution in [2.75, 3.05) is 6.54 Å². The summed E-state index contributed by atoms with van der Waals surface area (Å²) in [5.41, 5.74) is 0. The third-order valence-corrected chi connectivity index (χ3v) is 3.90. The van der Waals surface area contributed by atoms with Crippen LogP contribution in [0.15, 0.2) is 15.9 Å². The van der Waals surface area contributed by atoms with E-state index >= 15 is 0 Å². The first-order chi connectivity index (χ1) is 6.76. The fraction of sp³-hybridized carbons (Fsp3) is 0.636. The lowest BCUT2D eigenvalue weighted by Gasteiger charge is -2.15. The number of thiophene rings is 1. The Kier molecular flexibility index (Phi) is 5.75. The zero-order chi connectivity index (χ0) is 10.4. The fourth-order valence-electron chi connectivity index (χ4n) is 1.41. The monoisotopic (exact) mass is 275 g/mol. The van der Waals surface area contributed by atoms with Crippen LogP contribution in [0.5, 0.6) is 0 Å². The molecule has 1 aromatic heterocycles. The highest BCUT2D eigenvalue weighted by molar-refractivity contribution is 9.11. The molecule has 0 fully saturated rings. The molecule has 80 valence electrons. The van der Waals surface area contributed by atoms with Crippen molar-refractivity contribution in [2.24, 2.45) is 0 Å². The van der Waals surface area contributed by atoms with Gasteiger partial charge in [0.2, 0.25) is 0 Å². The van der Waals surface area contributed by atoms with Gasteiger partial charge in [-0.1, -0.05) is 13.8 Å². The van der Waals surface area contributed by atoms with Crippen LogP contribution >= 0.6 is 27.3 Å². The minimum atomic E-state index is 0.639. The van der Waals surface area contributed by atoms with Crippen molar-refractivity contribution in [3.05, 3.63) is 20.8 Å². The van der Waals surface area contributed by atoms with E-state index in [1.165, 1.54) is 21.5 Å². The third kappa shape index (κ3) is 4.11. The van der Waals surface area contributed by atoms with Crippen LogP contribution in [0.2, 0.25) is 0 Å². The lowest BCUT2D eigenvalue weighted by molar-refractivity contribution is 0.497. The highest BCUT2D eigenvalue weighted by Crippen LogP contribution is 2.23. The summed E-state index contributed by atoms with van der Waals surface area (Å²) < 4.78 is 1.23. The third-order valence-electron chi connectivity index (χ3n) is 2.25. The molecular formula is C11H18BrNS. The average Bonchev–Trinajstić information content (AvgIpc) is 2.58. The van der Waals surface area contributed by atoms with E-state index in [-0.39, 0.29) is 0 Å². The van der Waals surface area contributed by atoms with E-state index < -0.39 is 0 Å². The number of rotatable bonds is 6. The first-order valence-electron chi connectivity index (χ1n) is 5.23. The Morgan fingerprint density at radius 2 is 2.21 bits per heavy atom. The molecule has 0 aliphatic rings. The largest absolute Gasteiger partial charge is 0.314 e. The first kappa shape index (κ1) is 12.2. The van der Waals surface area contributed by atoms with Crippen molar-refractivity contribution in [3.63, 3.8) is 0 Å². The molecule has 0 saturated carbocycles. The van der Waals surface area contributed by atoms with Crippen LogP contribution in [0.25, 0.3) is 0 Å². The van der Waals surface area contributed by atoms with Crippen molar-refractivity contribution >= 4 is 27.3 Å². The summed E-state index contributed by atoms with van der Waals surface area (Å²) in [6.07, 6.45) is 3.58. The highest BCUT2D eigenvalue weighted by Gasteiger charge is 2.07. The van der Waals surface area contributed by atoms with E-state index in [4.69, 9.17) is 0 Å². The van der Waals surface area contributed by atoms with Gasteiger partial charge in [-0.2, -0.15) is 0 Å². The SMILES string of the molecule is CCCNC(CC)Cc1ccc(Br)s1. The molecule has 0 aromatic carbocycles. The molecule has 1 nitrogen and oxygen atoms in total. The molecule has 1 unspecified atom stereocenters. The molecule has 14 heavy (non-hydrogen) atoms. The molecule has 1 aromatic rings. The van der Waals surface area contributed by atoms with Gasteiger partial charge >= 0.3 is 0 Å². The highest BCUT2D eigenvalue weighted by atomic mass is 79.9. The number of halogens is 1. The Morgan fingerprint density at radius 1 is 1.43 bits per heavy atom. The summed E-state index contributed by atoms with van der Waals surface area (Å²) in [7, 11) is 0. The van der Waals surface area contributed by atoms with Crippen molar-refractivity contribution < 1.29 is 0 Å². The second-order valence-electron chi connectivity index (χ2n) is 3.47. The minimum Gasteiger partial charge on any atom is -0.314 e. The van der Waals surface area contributed by atoms with Crippen molar-refractivity contribution in [2.45, 2.75) is 39.2 Å². The van der Waals surface area contributed by atoms with Crippen molar-refractivity contribution in [1.29, 1.82) is 0 Å². The lowest BCUT2D eigenvalue weighted by Crippen LogP contribution is -2.30. The Hall–Kier alpha value is 0.140. The zero-order valence-electron chi connectivity index (χ0n) is 8.85. The molecule has 0 radical (unpaired) electrons. The maximum absolute atomic E-state index is 3.57. The molecule has 3 heteroatoms. The number of hydrogen-bond acceptors (Lipinski definition) is 2. The van der Waals surface area contributed by atoms with E-state index in [0.717, 1.165) is 13.0 Å². The molecular weight excluding hydrogens is 258 g/mol. The van der Waals surface area contributed by atoms with Gasteiger partial charge in [0.05, 0.1) is 3.79 Å². The molecule has 0 aliphatic heterocycles. The van der Waals surface area contributed by atoms with Crippen LogP contribution in [-0.2, 0) is 6.42 Å². The Bertz CT molecular complexity index is 260. The Balaban J connectivity index is 2.40. The van der Waals surface area contributed by atoms with Crippen LogP contribution in [-0.4, -0.2) is 12.6 Å². The second kappa shape index (κ2) is 6.59. The molecule has 0 amide bonds. The topological polar surface area (TPSA) is 12.0 Å². The van der Waals surface area contributed by atoms with Crippen LogP contribution in [0, 0.1) is 0 Å². The van der Waals surface area contributed by atoms with Gasteiger partial charge in [0.15, 0.2) is 0 Å². The normalized spacial score (nSPS) is 13.1. The molecule has 1 N–H and O–H groups in total. The standard InChI is InChI=1S/C11H18BrNS/c1-3-7-13-9(4-2)8-10-5-6-11(12)14-10/h5-6,9,13H,3-4,7-8H2,1-2H3. The quantitative estimate of drug-likeness (QED) is 0.832. The van der Waals surface area contributed by atoms with E-state index in [0.29, 0.717) is 6.04 Å². The predicted molar refractivity (Wildman–Crippen MR) is 68.1 cm³/mol. The average molecular weight is 276 g/mol. The Morgan fingerprint density at radius 3 is 2.71 bits per heavy atom. The Labute approximate surface area is 99.0 Å². The molecule has 0 saturated heterocycles. The molecule has 1 atom stereocenters. The van der Waals surface area contributed by atoms with Crippen LogP contribution in [0.4, 0.5) is 0 Å². The van der Waals surface area contributed by atoms with Gasteiger partial charge in [-0.3, -0.25) is 0 Å². The summed E-state index contributed by atoms with van der Waals surface area (Å²) in [6.45, 7) is 5.59. The van der Waals surface area contributed by atoms with Gasteiger partial charge < -0.3 is 5.32 Å². The van der Waals surface area contributed by atoms with Crippen molar-refractivity contribution in [3.8, 4) is 0 Å². The maximum Gasteiger partial charge on any atom is 0.0701 e. The molecule has 0 aliphatic carbocycles. The van der Waals surface area contributed by atoms with Crippen LogP contribution < -0.4 is 5.32 Å². The maximum atomic E-state index is 3.57.